The molecule has 2 aromatic carbocycles. The zero-order valence-corrected chi connectivity index (χ0v) is 17.5. The second kappa shape index (κ2) is 9.92. The SMILES string of the molecule is C#CCOc1ccc(Br)c(/C=N\NC(=O)c2ccn(Cc3ccc(Cl)cc3)n2)c1. The standard InChI is InChI=1S/C21H16BrClN4O2/c1-2-11-29-18-7-8-19(22)16(12-18)13-24-25-21(28)20-9-10-27(26-20)14-15-3-5-17(23)6-4-15/h1,3-10,12-13H,11,14H2,(H,25,28)/b24-13-. The number of terminal acetylenes is 1. The highest BCUT2D eigenvalue weighted by Crippen LogP contribution is 2.21. The molecule has 3 rings (SSSR count). The molecule has 1 aromatic heterocycles. The van der Waals surface area contributed by atoms with Gasteiger partial charge in [-0.2, -0.15) is 10.2 Å². The fraction of sp³-hybridized carbons (Fsp3) is 0.0952. The molecule has 0 aliphatic heterocycles. The number of halogens is 2. The fourth-order valence-electron chi connectivity index (χ4n) is 2.40. The summed E-state index contributed by atoms with van der Waals surface area (Å²) in [6.07, 6.45) is 8.43. The number of nitrogens with one attached hydrogen (secondary N) is 1. The van der Waals surface area contributed by atoms with E-state index < -0.39 is 5.91 Å². The molecular formula is C21H16BrClN4O2. The highest BCUT2D eigenvalue weighted by Gasteiger charge is 2.09. The molecule has 0 bridgehead atoms. The Morgan fingerprint density at radius 3 is 2.86 bits per heavy atom. The van der Waals surface area contributed by atoms with Crippen molar-refractivity contribution in [3.8, 4) is 18.1 Å². The summed E-state index contributed by atoms with van der Waals surface area (Å²) in [7, 11) is 0. The minimum Gasteiger partial charge on any atom is -0.481 e. The third-order valence-corrected chi connectivity index (χ3v) is 4.76. The van der Waals surface area contributed by atoms with Gasteiger partial charge in [-0.15, -0.1) is 6.42 Å². The number of aromatic nitrogens is 2. The number of carbonyl (C=O) groups excluding carboxylic acids is 1. The van der Waals surface area contributed by atoms with Crippen molar-refractivity contribution in [2.45, 2.75) is 6.54 Å². The minimum atomic E-state index is -0.410. The van der Waals surface area contributed by atoms with Crippen molar-refractivity contribution >= 4 is 39.7 Å². The van der Waals surface area contributed by atoms with Crippen LogP contribution in [0, 0.1) is 12.3 Å². The van der Waals surface area contributed by atoms with Gasteiger partial charge in [0.15, 0.2) is 5.69 Å². The molecule has 0 radical (unpaired) electrons. The van der Waals surface area contributed by atoms with E-state index in [1.807, 2.05) is 30.3 Å². The maximum Gasteiger partial charge on any atom is 0.291 e. The fourth-order valence-corrected chi connectivity index (χ4v) is 2.88. The van der Waals surface area contributed by atoms with Crippen LogP contribution in [0.25, 0.3) is 0 Å². The first kappa shape index (κ1) is 20.6. The molecule has 8 heteroatoms. The van der Waals surface area contributed by atoms with E-state index in [1.54, 1.807) is 29.1 Å². The summed E-state index contributed by atoms with van der Waals surface area (Å²) < 4.78 is 7.85. The van der Waals surface area contributed by atoms with Crippen LogP contribution >= 0.6 is 27.5 Å². The average Bonchev–Trinajstić information content (AvgIpc) is 3.18. The zero-order valence-electron chi connectivity index (χ0n) is 15.2. The molecule has 0 aliphatic rings. The third-order valence-electron chi connectivity index (χ3n) is 3.79. The van der Waals surface area contributed by atoms with E-state index >= 15 is 0 Å². The predicted molar refractivity (Wildman–Crippen MR) is 116 cm³/mol. The van der Waals surface area contributed by atoms with Gasteiger partial charge in [-0.05, 0) is 42.0 Å². The van der Waals surface area contributed by atoms with E-state index in [0.29, 0.717) is 17.3 Å². The van der Waals surface area contributed by atoms with Crippen LogP contribution in [0.3, 0.4) is 0 Å². The van der Waals surface area contributed by atoms with Gasteiger partial charge in [0.1, 0.15) is 12.4 Å². The van der Waals surface area contributed by atoms with Gasteiger partial charge in [-0.25, -0.2) is 5.43 Å². The molecule has 29 heavy (non-hydrogen) atoms. The van der Waals surface area contributed by atoms with Crippen LogP contribution in [0.15, 0.2) is 64.3 Å². The van der Waals surface area contributed by atoms with Crippen LogP contribution < -0.4 is 10.2 Å². The molecule has 0 unspecified atom stereocenters. The third kappa shape index (κ3) is 5.95. The maximum absolute atomic E-state index is 12.3. The number of rotatable bonds is 7. The Hall–Kier alpha value is -3.08. The van der Waals surface area contributed by atoms with E-state index in [0.717, 1.165) is 15.6 Å². The van der Waals surface area contributed by atoms with Crippen molar-refractivity contribution in [1.29, 1.82) is 0 Å². The first-order valence-electron chi connectivity index (χ1n) is 8.52. The molecule has 0 spiro atoms. The number of ether oxygens (including phenoxy) is 1. The molecule has 1 heterocycles. The number of amides is 1. The lowest BCUT2D eigenvalue weighted by Crippen LogP contribution is -2.18. The smallest absolute Gasteiger partial charge is 0.291 e. The summed E-state index contributed by atoms with van der Waals surface area (Å²) in [5.41, 5.74) is 4.49. The van der Waals surface area contributed by atoms with E-state index in [2.05, 4.69) is 37.5 Å². The minimum absolute atomic E-state index is 0.174. The highest BCUT2D eigenvalue weighted by molar-refractivity contribution is 9.10. The number of hydrogen-bond acceptors (Lipinski definition) is 4. The predicted octanol–water partition coefficient (Wildman–Crippen LogP) is 4.12. The van der Waals surface area contributed by atoms with Crippen molar-refractivity contribution in [3.63, 3.8) is 0 Å². The van der Waals surface area contributed by atoms with Crippen molar-refractivity contribution in [2.75, 3.05) is 6.61 Å². The van der Waals surface area contributed by atoms with Gasteiger partial charge in [0.25, 0.3) is 5.91 Å². The topological polar surface area (TPSA) is 68.5 Å². The van der Waals surface area contributed by atoms with Gasteiger partial charge in [-0.1, -0.05) is 45.6 Å². The molecule has 0 atom stereocenters. The summed E-state index contributed by atoms with van der Waals surface area (Å²) in [5.74, 6) is 2.61. The number of nitrogens with zero attached hydrogens (tertiary/aromatic N) is 3. The molecule has 3 aromatic rings. The van der Waals surface area contributed by atoms with Crippen molar-refractivity contribution in [2.24, 2.45) is 5.10 Å². The molecule has 0 saturated heterocycles. The van der Waals surface area contributed by atoms with Crippen LogP contribution in [0.2, 0.25) is 5.02 Å². The van der Waals surface area contributed by atoms with Crippen LogP contribution in [0.1, 0.15) is 21.6 Å². The summed E-state index contributed by atoms with van der Waals surface area (Å²) in [6.45, 7) is 0.707. The molecule has 0 fully saturated rings. The Balaban J connectivity index is 1.60. The quantitative estimate of drug-likeness (QED) is 0.320. The van der Waals surface area contributed by atoms with Gasteiger partial charge in [0.2, 0.25) is 0 Å². The van der Waals surface area contributed by atoms with E-state index in [9.17, 15) is 4.79 Å². The molecule has 146 valence electrons. The molecule has 1 N–H and O–H groups in total. The number of hydrazone groups is 1. The van der Waals surface area contributed by atoms with Gasteiger partial charge < -0.3 is 4.74 Å². The van der Waals surface area contributed by atoms with E-state index in [4.69, 9.17) is 22.8 Å². The summed E-state index contributed by atoms with van der Waals surface area (Å²) in [5, 5.41) is 8.93. The second-order valence-corrected chi connectivity index (χ2v) is 7.19. The molecule has 0 aliphatic carbocycles. The first-order valence-corrected chi connectivity index (χ1v) is 9.69. The van der Waals surface area contributed by atoms with Gasteiger partial charge in [0.05, 0.1) is 12.8 Å². The summed E-state index contributed by atoms with van der Waals surface area (Å²) >= 11 is 9.31. The Kier molecular flexibility index (Phi) is 7.06. The largest absolute Gasteiger partial charge is 0.481 e. The van der Waals surface area contributed by atoms with E-state index in [-0.39, 0.29) is 12.3 Å². The second-order valence-electron chi connectivity index (χ2n) is 5.90. The summed E-state index contributed by atoms with van der Waals surface area (Å²) in [4.78, 5) is 12.3. The van der Waals surface area contributed by atoms with Crippen molar-refractivity contribution in [3.05, 3.63) is 81.0 Å². The molecule has 1 amide bonds. The van der Waals surface area contributed by atoms with Gasteiger partial charge >= 0.3 is 0 Å². The number of carbonyl (C=O) groups is 1. The Morgan fingerprint density at radius 1 is 1.31 bits per heavy atom. The lowest BCUT2D eigenvalue weighted by Gasteiger charge is -2.04. The normalized spacial score (nSPS) is 10.7. The van der Waals surface area contributed by atoms with Gasteiger partial charge in [0, 0.05) is 21.3 Å². The van der Waals surface area contributed by atoms with Gasteiger partial charge in [-0.3, -0.25) is 9.48 Å². The van der Waals surface area contributed by atoms with E-state index in [1.165, 1.54) is 6.21 Å². The number of hydrogen-bond donors (Lipinski definition) is 1. The maximum atomic E-state index is 12.3. The first-order chi connectivity index (χ1) is 14.0. The van der Waals surface area contributed by atoms with Crippen molar-refractivity contribution in [1.82, 2.24) is 15.2 Å². The monoisotopic (exact) mass is 470 g/mol. The van der Waals surface area contributed by atoms with Crippen LogP contribution in [0.4, 0.5) is 0 Å². The Morgan fingerprint density at radius 2 is 2.10 bits per heavy atom. The highest BCUT2D eigenvalue weighted by atomic mass is 79.9. The number of benzene rings is 2. The Labute approximate surface area is 181 Å². The van der Waals surface area contributed by atoms with Crippen LogP contribution in [-0.2, 0) is 6.54 Å². The zero-order chi connectivity index (χ0) is 20.6. The van der Waals surface area contributed by atoms with Crippen molar-refractivity contribution < 1.29 is 9.53 Å². The molecule has 6 nitrogen and oxygen atoms in total. The molecule has 0 saturated carbocycles. The lowest BCUT2D eigenvalue weighted by atomic mass is 10.2. The van der Waals surface area contributed by atoms with Crippen LogP contribution in [-0.4, -0.2) is 28.5 Å². The Bertz CT molecular complexity index is 1070. The van der Waals surface area contributed by atoms with Crippen LogP contribution in [0.5, 0.6) is 5.75 Å². The summed E-state index contributed by atoms with van der Waals surface area (Å²) in [6, 6.07) is 14.4. The molecular weight excluding hydrogens is 456 g/mol. The average molecular weight is 472 g/mol. The lowest BCUT2D eigenvalue weighted by molar-refractivity contribution is 0.0949.